The van der Waals surface area contributed by atoms with Crippen LogP contribution in [0.1, 0.15) is 11.1 Å². The van der Waals surface area contributed by atoms with Crippen LogP contribution in [0.15, 0.2) is 47.5 Å². The Morgan fingerprint density at radius 3 is 2.33 bits per heavy atom. The van der Waals surface area contributed by atoms with E-state index in [2.05, 4.69) is 50.9 Å². The van der Waals surface area contributed by atoms with E-state index in [0.29, 0.717) is 0 Å². The summed E-state index contributed by atoms with van der Waals surface area (Å²) in [5, 5.41) is 6.73. The maximum Gasteiger partial charge on any atom is 0.191 e. The van der Waals surface area contributed by atoms with Gasteiger partial charge in [-0.25, -0.2) is 0 Å². The molecule has 0 saturated carbocycles. The number of morpholine rings is 1. The normalized spacial score (nSPS) is 14.4. The summed E-state index contributed by atoms with van der Waals surface area (Å²) < 4.78 is 16.1. The summed E-state index contributed by atoms with van der Waals surface area (Å²) in [6, 6.07) is 14.7. The van der Waals surface area contributed by atoms with Gasteiger partial charge in [0.2, 0.25) is 0 Å². The number of hydrogen-bond acceptors (Lipinski definition) is 5. The molecule has 7 heteroatoms. The number of benzene rings is 2. The van der Waals surface area contributed by atoms with Crippen LogP contribution in [0.3, 0.4) is 0 Å². The van der Waals surface area contributed by atoms with E-state index in [4.69, 9.17) is 14.2 Å². The van der Waals surface area contributed by atoms with Gasteiger partial charge in [-0.2, -0.15) is 0 Å². The Balaban J connectivity index is 1.44. The molecule has 30 heavy (non-hydrogen) atoms. The quantitative estimate of drug-likeness (QED) is 0.513. The molecule has 0 atom stereocenters. The Labute approximate surface area is 179 Å². The Bertz CT molecular complexity index is 818. The van der Waals surface area contributed by atoms with Gasteiger partial charge in [0.25, 0.3) is 0 Å². The molecule has 2 N–H and O–H groups in total. The summed E-state index contributed by atoms with van der Waals surface area (Å²) in [4.78, 5) is 6.67. The largest absolute Gasteiger partial charge is 0.493 e. The fraction of sp³-hybridized carbons (Fsp3) is 0.435. The molecule has 0 unspecified atom stereocenters. The van der Waals surface area contributed by atoms with Gasteiger partial charge in [-0.05, 0) is 41.8 Å². The molecule has 1 aliphatic rings. The molecule has 7 nitrogen and oxygen atoms in total. The van der Waals surface area contributed by atoms with E-state index >= 15 is 0 Å². The van der Waals surface area contributed by atoms with E-state index in [9.17, 15) is 0 Å². The van der Waals surface area contributed by atoms with Crippen molar-refractivity contribution in [1.82, 2.24) is 10.6 Å². The van der Waals surface area contributed by atoms with Crippen molar-refractivity contribution in [3.63, 3.8) is 0 Å². The molecule has 1 saturated heterocycles. The van der Waals surface area contributed by atoms with Gasteiger partial charge in [0.1, 0.15) is 0 Å². The van der Waals surface area contributed by atoms with Crippen molar-refractivity contribution in [2.24, 2.45) is 4.99 Å². The second-order valence-electron chi connectivity index (χ2n) is 7.06. The predicted molar refractivity (Wildman–Crippen MR) is 121 cm³/mol. The van der Waals surface area contributed by atoms with E-state index in [0.717, 1.165) is 63.3 Å². The lowest BCUT2D eigenvalue weighted by Gasteiger charge is -2.28. The van der Waals surface area contributed by atoms with Crippen LogP contribution in [0.2, 0.25) is 0 Å². The second-order valence-corrected chi connectivity index (χ2v) is 7.06. The van der Waals surface area contributed by atoms with E-state index < -0.39 is 0 Å². The number of nitrogens with one attached hydrogen (secondary N) is 2. The maximum absolute atomic E-state index is 5.42. The molecule has 2 aromatic rings. The standard InChI is InChI=1S/C23H32N4O3/c1-24-23(25-11-10-18-6-9-21(28-2)22(16-18)29-3)26-17-19-4-7-20(8-5-19)27-12-14-30-15-13-27/h4-9,16H,10-15,17H2,1-3H3,(H2,24,25,26). The van der Waals surface area contributed by atoms with Gasteiger partial charge in [-0.1, -0.05) is 18.2 Å². The second kappa shape index (κ2) is 11.3. The first-order valence-electron chi connectivity index (χ1n) is 10.3. The van der Waals surface area contributed by atoms with Crippen molar-refractivity contribution in [3.8, 4) is 11.5 Å². The van der Waals surface area contributed by atoms with Crippen LogP contribution in [-0.2, 0) is 17.7 Å². The van der Waals surface area contributed by atoms with Gasteiger partial charge in [0, 0.05) is 38.9 Å². The Morgan fingerprint density at radius 2 is 1.67 bits per heavy atom. The van der Waals surface area contributed by atoms with Gasteiger partial charge in [-0.15, -0.1) is 0 Å². The number of hydrogen-bond donors (Lipinski definition) is 2. The van der Waals surface area contributed by atoms with E-state index in [1.54, 1.807) is 21.3 Å². The SMILES string of the molecule is CN=C(NCCc1ccc(OC)c(OC)c1)NCc1ccc(N2CCOCC2)cc1. The number of rotatable bonds is 8. The van der Waals surface area contributed by atoms with Crippen LogP contribution in [0.5, 0.6) is 11.5 Å². The lowest BCUT2D eigenvalue weighted by Crippen LogP contribution is -2.38. The first-order chi connectivity index (χ1) is 14.7. The molecule has 0 aliphatic carbocycles. The molecule has 0 radical (unpaired) electrons. The van der Waals surface area contributed by atoms with E-state index in [-0.39, 0.29) is 0 Å². The summed E-state index contributed by atoms with van der Waals surface area (Å²) >= 11 is 0. The zero-order valence-corrected chi connectivity index (χ0v) is 18.1. The molecule has 3 rings (SSSR count). The Hall–Kier alpha value is -2.93. The monoisotopic (exact) mass is 412 g/mol. The average Bonchev–Trinajstić information content (AvgIpc) is 2.82. The van der Waals surface area contributed by atoms with E-state index in [1.165, 1.54) is 16.8 Å². The molecular formula is C23H32N4O3. The molecule has 1 heterocycles. The maximum atomic E-state index is 5.42. The molecule has 0 bridgehead atoms. The third kappa shape index (κ3) is 6.03. The lowest BCUT2D eigenvalue weighted by molar-refractivity contribution is 0.122. The fourth-order valence-corrected chi connectivity index (χ4v) is 3.41. The minimum absolute atomic E-state index is 0.722. The fourth-order valence-electron chi connectivity index (χ4n) is 3.41. The molecule has 0 aromatic heterocycles. The van der Waals surface area contributed by atoms with E-state index in [1.807, 2.05) is 12.1 Å². The van der Waals surface area contributed by atoms with Crippen molar-refractivity contribution in [2.75, 3.05) is 59.0 Å². The first kappa shape index (κ1) is 21.8. The highest BCUT2D eigenvalue weighted by Gasteiger charge is 2.11. The highest BCUT2D eigenvalue weighted by Crippen LogP contribution is 2.27. The van der Waals surface area contributed by atoms with Crippen LogP contribution in [-0.4, -0.2) is 60.1 Å². The van der Waals surface area contributed by atoms with Crippen LogP contribution in [0.4, 0.5) is 5.69 Å². The van der Waals surface area contributed by atoms with Gasteiger partial charge < -0.3 is 29.7 Å². The zero-order chi connectivity index (χ0) is 21.2. The minimum Gasteiger partial charge on any atom is -0.493 e. The average molecular weight is 413 g/mol. The Morgan fingerprint density at radius 1 is 0.967 bits per heavy atom. The van der Waals surface area contributed by atoms with Gasteiger partial charge in [0.15, 0.2) is 17.5 Å². The molecule has 0 amide bonds. The minimum atomic E-state index is 0.722. The molecule has 162 valence electrons. The van der Waals surface area contributed by atoms with Crippen LogP contribution >= 0.6 is 0 Å². The van der Waals surface area contributed by atoms with Crippen molar-refractivity contribution in [3.05, 3.63) is 53.6 Å². The van der Waals surface area contributed by atoms with Crippen LogP contribution in [0, 0.1) is 0 Å². The molecule has 1 fully saturated rings. The lowest BCUT2D eigenvalue weighted by atomic mass is 10.1. The molecule has 1 aliphatic heterocycles. The number of anilines is 1. The van der Waals surface area contributed by atoms with Crippen molar-refractivity contribution < 1.29 is 14.2 Å². The van der Waals surface area contributed by atoms with Crippen molar-refractivity contribution in [1.29, 1.82) is 0 Å². The smallest absolute Gasteiger partial charge is 0.191 e. The first-order valence-corrected chi connectivity index (χ1v) is 10.3. The summed E-state index contributed by atoms with van der Waals surface area (Å²) in [5.74, 6) is 2.28. The highest BCUT2D eigenvalue weighted by molar-refractivity contribution is 5.79. The van der Waals surface area contributed by atoms with Gasteiger partial charge in [-0.3, -0.25) is 4.99 Å². The molecular weight excluding hydrogens is 380 g/mol. The number of nitrogens with zero attached hydrogens (tertiary/aromatic N) is 2. The van der Waals surface area contributed by atoms with Gasteiger partial charge in [0.05, 0.1) is 27.4 Å². The topological polar surface area (TPSA) is 67.4 Å². The number of guanidine groups is 1. The zero-order valence-electron chi connectivity index (χ0n) is 18.1. The third-order valence-corrected chi connectivity index (χ3v) is 5.15. The van der Waals surface area contributed by atoms with Crippen molar-refractivity contribution in [2.45, 2.75) is 13.0 Å². The number of aliphatic imine (C=N–C) groups is 1. The van der Waals surface area contributed by atoms with Crippen LogP contribution < -0.4 is 25.0 Å². The third-order valence-electron chi connectivity index (χ3n) is 5.15. The summed E-state index contributed by atoms with van der Waals surface area (Å²) in [6.45, 7) is 5.00. The number of ether oxygens (including phenoxy) is 3. The highest BCUT2D eigenvalue weighted by atomic mass is 16.5. The summed E-state index contributed by atoms with van der Waals surface area (Å²) in [5.41, 5.74) is 3.64. The van der Waals surface area contributed by atoms with Gasteiger partial charge >= 0.3 is 0 Å². The summed E-state index contributed by atoms with van der Waals surface area (Å²) in [6.07, 6.45) is 0.856. The summed E-state index contributed by atoms with van der Waals surface area (Å²) in [7, 11) is 5.08. The van der Waals surface area contributed by atoms with Crippen molar-refractivity contribution >= 4 is 11.6 Å². The Kier molecular flexibility index (Phi) is 8.20. The predicted octanol–water partition coefficient (Wildman–Crippen LogP) is 2.45. The number of methoxy groups -OCH3 is 2. The molecule has 0 spiro atoms. The molecule has 2 aromatic carbocycles. The van der Waals surface area contributed by atoms with Crippen LogP contribution in [0.25, 0.3) is 0 Å².